The van der Waals surface area contributed by atoms with E-state index in [9.17, 15) is 10.1 Å². The molecule has 2 unspecified atom stereocenters. The summed E-state index contributed by atoms with van der Waals surface area (Å²) >= 11 is 0. The van der Waals surface area contributed by atoms with Crippen LogP contribution in [-0.4, -0.2) is 23.1 Å². The van der Waals surface area contributed by atoms with Crippen LogP contribution in [0, 0.1) is 18.3 Å². The van der Waals surface area contributed by atoms with E-state index in [4.69, 9.17) is 4.74 Å². The Bertz CT molecular complexity index is 927. The standard InChI is InChI=1S/C23H22N2O2/c1-16-7-8-18(11-20(16)14-24)19-12-21-9-10-22(13-19)25(21)23(26)27-15-17-5-3-2-4-6-17/h2-8,11-12,21-22H,9-10,13,15H2,1H3. The van der Waals surface area contributed by atoms with Gasteiger partial charge in [-0.3, -0.25) is 4.90 Å². The molecule has 0 spiro atoms. The molecular formula is C23H22N2O2. The van der Waals surface area contributed by atoms with Crippen molar-refractivity contribution in [2.24, 2.45) is 0 Å². The summed E-state index contributed by atoms with van der Waals surface area (Å²) < 4.78 is 5.56. The van der Waals surface area contributed by atoms with Gasteiger partial charge in [0, 0.05) is 6.04 Å². The number of nitrogens with zero attached hydrogens (tertiary/aromatic N) is 2. The van der Waals surface area contributed by atoms with Gasteiger partial charge in [0.2, 0.25) is 0 Å². The van der Waals surface area contributed by atoms with Crippen molar-refractivity contribution in [2.45, 2.75) is 44.9 Å². The molecule has 1 amide bonds. The third-order valence-electron chi connectivity index (χ3n) is 5.54. The average Bonchev–Trinajstić information content (AvgIpc) is 2.97. The lowest BCUT2D eigenvalue weighted by Crippen LogP contribution is -2.43. The summed E-state index contributed by atoms with van der Waals surface area (Å²) in [5, 5.41) is 9.29. The molecule has 4 nitrogen and oxygen atoms in total. The second-order valence-corrected chi connectivity index (χ2v) is 7.28. The molecule has 2 aromatic rings. The number of rotatable bonds is 3. The van der Waals surface area contributed by atoms with E-state index in [0.717, 1.165) is 36.0 Å². The van der Waals surface area contributed by atoms with Gasteiger partial charge < -0.3 is 4.74 Å². The zero-order valence-corrected chi connectivity index (χ0v) is 15.4. The molecule has 2 atom stereocenters. The van der Waals surface area contributed by atoms with Crippen LogP contribution in [0.25, 0.3) is 5.57 Å². The minimum absolute atomic E-state index is 0.0777. The van der Waals surface area contributed by atoms with Crippen LogP contribution in [0.3, 0.4) is 0 Å². The Morgan fingerprint density at radius 1 is 1.22 bits per heavy atom. The second-order valence-electron chi connectivity index (χ2n) is 7.28. The summed E-state index contributed by atoms with van der Waals surface area (Å²) in [4.78, 5) is 14.5. The third-order valence-corrected chi connectivity index (χ3v) is 5.54. The molecule has 2 bridgehead atoms. The minimum atomic E-state index is -0.233. The van der Waals surface area contributed by atoms with Crippen LogP contribution < -0.4 is 0 Å². The summed E-state index contributed by atoms with van der Waals surface area (Å²) in [6, 6.07) is 18.3. The fourth-order valence-corrected chi connectivity index (χ4v) is 4.06. The monoisotopic (exact) mass is 358 g/mol. The summed E-state index contributed by atoms with van der Waals surface area (Å²) in [6.45, 7) is 2.25. The summed E-state index contributed by atoms with van der Waals surface area (Å²) in [7, 11) is 0. The van der Waals surface area contributed by atoms with Gasteiger partial charge in [0.05, 0.1) is 17.7 Å². The molecule has 0 aromatic heterocycles. The minimum Gasteiger partial charge on any atom is -0.445 e. The van der Waals surface area contributed by atoms with Crippen molar-refractivity contribution in [3.05, 3.63) is 76.9 Å². The first-order valence-corrected chi connectivity index (χ1v) is 9.36. The van der Waals surface area contributed by atoms with E-state index in [2.05, 4.69) is 18.2 Å². The number of nitriles is 1. The number of benzene rings is 2. The number of amides is 1. The lowest BCUT2D eigenvalue weighted by molar-refractivity contribution is 0.0832. The van der Waals surface area contributed by atoms with E-state index in [1.165, 1.54) is 5.57 Å². The highest BCUT2D eigenvalue weighted by molar-refractivity contribution is 5.75. The SMILES string of the molecule is Cc1ccc(C2=CC3CCC(C2)N3C(=O)OCc2ccccc2)cc1C#N. The normalized spacial score (nSPS) is 20.7. The van der Waals surface area contributed by atoms with Gasteiger partial charge in [-0.1, -0.05) is 48.5 Å². The largest absolute Gasteiger partial charge is 0.445 e. The fraction of sp³-hybridized carbons (Fsp3) is 0.304. The number of hydrogen-bond acceptors (Lipinski definition) is 3. The highest BCUT2D eigenvalue weighted by Gasteiger charge is 2.40. The van der Waals surface area contributed by atoms with Crippen LogP contribution in [0.5, 0.6) is 0 Å². The van der Waals surface area contributed by atoms with Gasteiger partial charge in [0.25, 0.3) is 0 Å². The van der Waals surface area contributed by atoms with Crippen LogP contribution >= 0.6 is 0 Å². The van der Waals surface area contributed by atoms with Crippen LogP contribution in [-0.2, 0) is 11.3 Å². The molecule has 2 aliphatic rings. The maximum Gasteiger partial charge on any atom is 0.410 e. The van der Waals surface area contributed by atoms with Crippen molar-refractivity contribution in [1.29, 1.82) is 5.26 Å². The lowest BCUT2D eigenvalue weighted by atomic mass is 9.93. The highest BCUT2D eigenvalue weighted by atomic mass is 16.6. The Hall–Kier alpha value is -3.06. The molecule has 0 N–H and O–H groups in total. The van der Waals surface area contributed by atoms with E-state index in [-0.39, 0.29) is 18.2 Å². The predicted molar refractivity (Wildman–Crippen MR) is 104 cm³/mol. The third kappa shape index (κ3) is 3.46. The van der Waals surface area contributed by atoms with Crippen molar-refractivity contribution < 1.29 is 9.53 Å². The molecule has 2 aliphatic heterocycles. The van der Waals surface area contributed by atoms with Gasteiger partial charge in [0.15, 0.2) is 0 Å². The molecule has 0 aliphatic carbocycles. The maximum absolute atomic E-state index is 12.7. The quantitative estimate of drug-likeness (QED) is 0.790. The highest BCUT2D eigenvalue weighted by Crippen LogP contribution is 2.39. The van der Waals surface area contributed by atoms with E-state index in [1.807, 2.05) is 54.3 Å². The Kier molecular flexibility index (Phi) is 4.68. The number of carbonyl (C=O) groups excluding carboxylic acids is 1. The number of ether oxygens (including phenoxy) is 1. The first-order valence-electron chi connectivity index (χ1n) is 9.36. The Morgan fingerprint density at radius 2 is 2.04 bits per heavy atom. The number of hydrogen-bond donors (Lipinski definition) is 0. The predicted octanol–water partition coefficient (Wildman–Crippen LogP) is 4.82. The van der Waals surface area contributed by atoms with E-state index in [1.54, 1.807) is 0 Å². The van der Waals surface area contributed by atoms with Crippen molar-refractivity contribution >= 4 is 11.7 Å². The van der Waals surface area contributed by atoms with Gasteiger partial charge in [-0.05, 0) is 54.5 Å². The first kappa shape index (κ1) is 17.4. The molecule has 2 heterocycles. The van der Waals surface area contributed by atoms with Gasteiger partial charge in [-0.15, -0.1) is 0 Å². The number of aryl methyl sites for hydroxylation is 1. The van der Waals surface area contributed by atoms with Crippen molar-refractivity contribution in [2.75, 3.05) is 0 Å². The molecule has 4 heteroatoms. The van der Waals surface area contributed by atoms with Crippen LogP contribution in [0.4, 0.5) is 4.79 Å². The first-order chi connectivity index (χ1) is 13.2. The molecule has 27 heavy (non-hydrogen) atoms. The van der Waals surface area contributed by atoms with Gasteiger partial charge in [-0.2, -0.15) is 5.26 Å². The summed E-state index contributed by atoms with van der Waals surface area (Å²) in [5.41, 5.74) is 5.02. The molecule has 1 saturated heterocycles. The maximum atomic E-state index is 12.7. The van der Waals surface area contributed by atoms with Crippen LogP contribution in [0.15, 0.2) is 54.6 Å². The molecule has 0 saturated carbocycles. The molecule has 2 aromatic carbocycles. The van der Waals surface area contributed by atoms with Gasteiger partial charge in [-0.25, -0.2) is 4.79 Å². The van der Waals surface area contributed by atoms with E-state index < -0.39 is 0 Å². The molecular weight excluding hydrogens is 336 g/mol. The Labute approximate surface area is 159 Å². The van der Waals surface area contributed by atoms with Crippen molar-refractivity contribution in [1.82, 2.24) is 4.90 Å². The molecule has 1 fully saturated rings. The van der Waals surface area contributed by atoms with E-state index in [0.29, 0.717) is 12.2 Å². The topological polar surface area (TPSA) is 53.3 Å². The second kappa shape index (κ2) is 7.28. The molecule has 4 rings (SSSR count). The van der Waals surface area contributed by atoms with Crippen LogP contribution in [0.2, 0.25) is 0 Å². The summed E-state index contributed by atoms with van der Waals surface area (Å²) in [5.74, 6) is 0. The van der Waals surface area contributed by atoms with Gasteiger partial charge in [0.1, 0.15) is 6.61 Å². The van der Waals surface area contributed by atoms with Gasteiger partial charge >= 0.3 is 6.09 Å². The lowest BCUT2D eigenvalue weighted by Gasteiger charge is -2.33. The molecule has 0 radical (unpaired) electrons. The Balaban J connectivity index is 1.49. The van der Waals surface area contributed by atoms with Crippen LogP contribution in [0.1, 0.15) is 41.5 Å². The summed E-state index contributed by atoms with van der Waals surface area (Å²) in [6.07, 6.45) is 4.71. The number of fused-ring (bicyclic) bond motifs is 2. The smallest absolute Gasteiger partial charge is 0.410 e. The van der Waals surface area contributed by atoms with Crippen molar-refractivity contribution in [3.8, 4) is 6.07 Å². The number of carbonyl (C=O) groups is 1. The van der Waals surface area contributed by atoms with E-state index >= 15 is 0 Å². The Morgan fingerprint density at radius 3 is 2.78 bits per heavy atom. The fourth-order valence-electron chi connectivity index (χ4n) is 4.06. The average molecular weight is 358 g/mol. The zero-order chi connectivity index (χ0) is 18.8. The zero-order valence-electron chi connectivity index (χ0n) is 15.4. The molecule has 136 valence electrons. The van der Waals surface area contributed by atoms with Crippen molar-refractivity contribution in [3.63, 3.8) is 0 Å².